The molecular formula is C18H20N2O2. The topological polar surface area (TPSA) is 42.4 Å². The number of carbonyl (C=O) groups is 1. The molecule has 3 rings (SSSR count). The molecule has 1 saturated heterocycles. The van der Waals surface area contributed by atoms with Gasteiger partial charge in [-0.15, -0.1) is 0 Å². The maximum Gasteiger partial charge on any atom is 0.356 e. The summed E-state index contributed by atoms with van der Waals surface area (Å²) >= 11 is 0. The van der Waals surface area contributed by atoms with Gasteiger partial charge in [-0.05, 0) is 30.7 Å². The molecule has 1 aliphatic rings. The summed E-state index contributed by atoms with van der Waals surface area (Å²) in [5.41, 5.74) is 1.70. The van der Waals surface area contributed by atoms with Crippen LogP contribution in [0.15, 0.2) is 54.7 Å². The second-order valence-electron chi connectivity index (χ2n) is 5.69. The number of benzene rings is 1. The molecule has 0 amide bonds. The van der Waals surface area contributed by atoms with Gasteiger partial charge in [-0.2, -0.15) is 0 Å². The first-order valence-electron chi connectivity index (χ1n) is 7.66. The van der Waals surface area contributed by atoms with E-state index in [9.17, 15) is 4.79 Å². The molecule has 0 unspecified atom stereocenters. The van der Waals surface area contributed by atoms with E-state index in [1.807, 2.05) is 6.07 Å². The molecule has 2 heterocycles. The minimum atomic E-state index is -0.331. The highest BCUT2D eigenvalue weighted by molar-refractivity contribution is 5.87. The second kappa shape index (κ2) is 7.18. The lowest BCUT2D eigenvalue weighted by Gasteiger charge is -2.16. The molecule has 0 N–H and O–H groups in total. The molecule has 0 bridgehead atoms. The van der Waals surface area contributed by atoms with E-state index in [2.05, 4.69) is 34.1 Å². The molecule has 0 aliphatic carbocycles. The first kappa shape index (κ1) is 14.7. The largest absolute Gasteiger partial charge is 0.461 e. The summed E-state index contributed by atoms with van der Waals surface area (Å²) in [7, 11) is 0. The van der Waals surface area contributed by atoms with Crippen molar-refractivity contribution in [2.75, 3.05) is 19.7 Å². The van der Waals surface area contributed by atoms with Gasteiger partial charge in [0.1, 0.15) is 5.69 Å². The summed E-state index contributed by atoms with van der Waals surface area (Å²) in [5.74, 6) is 0.0819. The summed E-state index contributed by atoms with van der Waals surface area (Å²) in [6.45, 7) is 3.47. The van der Waals surface area contributed by atoms with Crippen LogP contribution < -0.4 is 0 Å². The average Bonchev–Trinajstić information content (AvgIpc) is 3.02. The predicted molar refractivity (Wildman–Crippen MR) is 84.3 cm³/mol. The third-order valence-corrected chi connectivity index (χ3v) is 3.94. The molecule has 1 aliphatic heterocycles. The van der Waals surface area contributed by atoms with Crippen LogP contribution in [0.1, 0.15) is 22.5 Å². The van der Waals surface area contributed by atoms with Crippen LogP contribution in [0.25, 0.3) is 0 Å². The molecule has 114 valence electrons. The highest BCUT2D eigenvalue weighted by atomic mass is 16.5. The normalized spacial score (nSPS) is 18.3. The third-order valence-electron chi connectivity index (χ3n) is 3.94. The highest BCUT2D eigenvalue weighted by Crippen LogP contribution is 2.19. The zero-order chi connectivity index (χ0) is 15.2. The van der Waals surface area contributed by atoms with Crippen molar-refractivity contribution in [3.8, 4) is 0 Å². The molecular weight excluding hydrogens is 276 g/mol. The Morgan fingerprint density at radius 3 is 2.77 bits per heavy atom. The second-order valence-corrected chi connectivity index (χ2v) is 5.69. The number of nitrogens with zero attached hydrogens (tertiary/aromatic N) is 2. The predicted octanol–water partition coefficient (Wildman–Crippen LogP) is 2.76. The Labute approximate surface area is 130 Å². The monoisotopic (exact) mass is 296 g/mol. The number of ether oxygens (including phenoxy) is 1. The number of hydrogen-bond acceptors (Lipinski definition) is 4. The smallest absolute Gasteiger partial charge is 0.356 e. The van der Waals surface area contributed by atoms with Gasteiger partial charge in [0.05, 0.1) is 6.61 Å². The first-order chi connectivity index (χ1) is 10.8. The lowest BCUT2D eigenvalue weighted by Crippen LogP contribution is -2.22. The summed E-state index contributed by atoms with van der Waals surface area (Å²) in [4.78, 5) is 18.3. The van der Waals surface area contributed by atoms with E-state index in [0.717, 1.165) is 26.1 Å². The fraction of sp³-hybridized carbons (Fsp3) is 0.333. The third kappa shape index (κ3) is 3.92. The van der Waals surface area contributed by atoms with Gasteiger partial charge in [-0.1, -0.05) is 36.4 Å². The summed E-state index contributed by atoms with van der Waals surface area (Å²) in [6.07, 6.45) is 2.68. The number of rotatable bonds is 5. The molecule has 22 heavy (non-hydrogen) atoms. The van der Waals surface area contributed by atoms with E-state index in [4.69, 9.17) is 4.74 Å². The molecule has 0 spiro atoms. The van der Waals surface area contributed by atoms with Crippen LogP contribution in [0, 0.1) is 5.92 Å². The van der Waals surface area contributed by atoms with Gasteiger partial charge in [0.25, 0.3) is 0 Å². The minimum Gasteiger partial charge on any atom is -0.461 e. The van der Waals surface area contributed by atoms with Crippen molar-refractivity contribution < 1.29 is 9.53 Å². The zero-order valence-corrected chi connectivity index (χ0v) is 12.5. The number of aromatic nitrogens is 1. The molecule has 1 fully saturated rings. The van der Waals surface area contributed by atoms with Gasteiger partial charge in [0.2, 0.25) is 0 Å². The van der Waals surface area contributed by atoms with Gasteiger partial charge in [-0.3, -0.25) is 4.90 Å². The average molecular weight is 296 g/mol. The van der Waals surface area contributed by atoms with E-state index in [1.165, 1.54) is 5.56 Å². The van der Waals surface area contributed by atoms with Gasteiger partial charge in [0, 0.05) is 25.2 Å². The van der Waals surface area contributed by atoms with Crippen molar-refractivity contribution in [3.63, 3.8) is 0 Å². The molecule has 4 nitrogen and oxygen atoms in total. The van der Waals surface area contributed by atoms with Crippen molar-refractivity contribution in [2.45, 2.75) is 13.0 Å². The summed E-state index contributed by atoms with van der Waals surface area (Å²) in [6, 6.07) is 15.7. The van der Waals surface area contributed by atoms with Crippen molar-refractivity contribution in [1.29, 1.82) is 0 Å². The van der Waals surface area contributed by atoms with Crippen LogP contribution in [-0.2, 0) is 11.3 Å². The molecule has 2 aromatic rings. The molecule has 4 heteroatoms. The summed E-state index contributed by atoms with van der Waals surface area (Å²) < 4.78 is 5.38. The Bertz CT molecular complexity index is 601. The molecule has 1 aromatic carbocycles. The number of carbonyl (C=O) groups excluding carboxylic acids is 1. The Morgan fingerprint density at radius 2 is 2.00 bits per heavy atom. The van der Waals surface area contributed by atoms with Crippen molar-refractivity contribution in [2.24, 2.45) is 5.92 Å². The quantitative estimate of drug-likeness (QED) is 0.796. The lowest BCUT2D eigenvalue weighted by molar-refractivity contribution is 0.0436. The van der Waals surface area contributed by atoms with Crippen molar-refractivity contribution >= 4 is 5.97 Å². The highest BCUT2D eigenvalue weighted by Gasteiger charge is 2.24. The maximum absolute atomic E-state index is 11.9. The fourth-order valence-corrected chi connectivity index (χ4v) is 2.79. The fourth-order valence-electron chi connectivity index (χ4n) is 2.79. The SMILES string of the molecule is O=C(OC[C@H]1CCN(Cc2ccccc2)C1)c1ccccn1. The Balaban J connectivity index is 1.44. The molecule has 1 aromatic heterocycles. The molecule has 0 saturated carbocycles. The standard InChI is InChI=1S/C18H20N2O2/c21-18(17-8-4-5-10-19-17)22-14-16-9-11-20(13-16)12-15-6-2-1-3-7-15/h1-8,10,16H,9,11-14H2/t16-/m0/s1. The molecule has 0 radical (unpaired) electrons. The minimum absolute atomic E-state index is 0.331. The van der Waals surface area contributed by atoms with Gasteiger partial charge >= 0.3 is 5.97 Å². The van der Waals surface area contributed by atoms with Crippen molar-refractivity contribution in [1.82, 2.24) is 9.88 Å². The number of likely N-dealkylation sites (tertiary alicyclic amines) is 1. The van der Waals surface area contributed by atoms with Gasteiger partial charge in [0.15, 0.2) is 0 Å². The van der Waals surface area contributed by atoms with Crippen molar-refractivity contribution in [3.05, 3.63) is 66.0 Å². The van der Waals surface area contributed by atoms with E-state index >= 15 is 0 Å². The summed E-state index contributed by atoms with van der Waals surface area (Å²) in [5, 5.41) is 0. The van der Waals surface area contributed by atoms with E-state index in [1.54, 1.807) is 24.4 Å². The maximum atomic E-state index is 11.9. The Hall–Kier alpha value is -2.20. The van der Waals surface area contributed by atoms with Crippen LogP contribution >= 0.6 is 0 Å². The van der Waals surface area contributed by atoms with E-state index < -0.39 is 0 Å². The van der Waals surface area contributed by atoms with Crippen LogP contribution in [0.2, 0.25) is 0 Å². The first-order valence-corrected chi connectivity index (χ1v) is 7.66. The van der Waals surface area contributed by atoms with Crippen LogP contribution in [0.4, 0.5) is 0 Å². The van der Waals surface area contributed by atoms with Crippen LogP contribution in [0.3, 0.4) is 0 Å². The van der Waals surface area contributed by atoms with E-state index in [-0.39, 0.29) is 5.97 Å². The van der Waals surface area contributed by atoms with Gasteiger partial charge in [-0.25, -0.2) is 9.78 Å². The van der Waals surface area contributed by atoms with Crippen LogP contribution in [-0.4, -0.2) is 35.5 Å². The zero-order valence-electron chi connectivity index (χ0n) is 12.5. The van der Waals surface area contributed by atoms with E-state index in [0.29, 0.717) is 18.2 Å². The van der Waals surface area contributed by atoms with Gasteiger partial charge < -0.3 is 4.74 Å². The Morgan fingerprint density at radius 1 is 1.18 bits per heavy atom. The molecule has 1 atom stereocenters. The lowest BCUT2D eigenvalue weighted by atomic mass is 10.1. The number of hydrogen-bond donors (Lipinski definition) is 0. The number of pyridine rings is 1. The number of esters is 1. The van der Waals surface area contributed by atoms with Crippen LogP contribution in [0.5, 0.6) is 0 Å². The Kier molecular flexibility index (Phi) is 4.81.